The first kappa shape index (κ1) is 25.2. The Labute approximate surface area is 239 Å². The molecule has 8 nitrogen and oxygen atoms in total. The predicted octanol–water partition coefficient (Wildman–Crippen LogP) is 5.70. The number of carbonyl (C=O) groups excluding carboxylic acids is 3. The van der Waals surface area contributed by atoms with Gasteiger partial charge in [0, 0.05) is 28.5 Å². The van der Waals surface area contributed by atoms with Gasteiger partial charge in [0.1, 0.15) is 0 Å². The number of carbonyl (C=O) groups is 3. The summed E-state index contributed by atoms with van der Waals surface area (Å²) in [6.45, 7) is -0.342. The molecule has 0 radical (unpaired) electrons. The Morgan fingerprint density at radius 2 is 1.22 bits per heavy atom. The molecule has 3 amide bonds. The number of nitro benzene ring substituents is 1. The van der Waals surface area contributed by atoms with Crippen molar-refractivity contribution in [1.29, 1.82) is 0 Å². The Morgan fingerprint density at radius 3 is 1.71 bits per heavy atom. The van der Waals surface area contributed by atoms with Crippen molar-refractivity contribution in [2.75, 3.05) is 0 Å². The Hall–Kier alpha value is -4.82. The first-order valence-corrected chi connectivity index (χ1v) is 13.6. The topological polar surface area (TPSA) is 101 Å². The van der Waals surface area contributed by atoms with Crippen molar-refractivity contribution in [3.05, 3.63) is 146 Å². The second-order valence-electron chi connectivity index (χ2n) is 10.5. The van der Waals surface area contributed by atoms with E-state index in [1.54, 1.807) is 18.2 Å². The molecule has 2 atom stereocenters. The normalized spacial score (nSPS) is 21.7. The Balaban J connectivity index is 1.36. The van der Waals surface area contributed by atoms with Crippen molar-refractivity contribution >= 4 is 35.0 Å². The maximum absolute atomic E-state index is 14.4. The summed E-state index contributed by atoms with van der Waals surface area (Å²) in [5.74, 6) is -3.72. The van der Waals surface area contributed by atoms with E-state index >= 15 is 0 Å². The number of nitrogens with zero attached hydrogens (tertiary/aromatic N) is 3. The van der Waals surface area contributed by atoms with Gasteiger partial charge in [-0.25, -0.2) is 5.01 Å². The van der Waals surface area contributed by atoms with Crippen LogP contribution in [0.15, 0.2) is 97.1 Å². The van der Waals surface area contributed by atoms with Crippen molar-refractivity contribution in [3.8, 4) is 0 Å². The summed E-state index contributed by atoms with van der Waals surface area (Å²) in [5.41, 5.74) is 4.22. The molecule has 202 valence electrons. The minimum Gasteiger partial charge on any atom is -0.272 e. The minimum atomic E-state index is -0.705. The van der Waals surface area contributed by atoms with Gasteiger partial charge in [-0.3, -0.25) is 24.5 Å². The summed E-state index contributed by atoms with van der Waals surface area (Å²) in [6.07, 6.45) is 0. The van der Waals surface area contributed by atoms with Crippen molar-refractivity contribution in [3.63, 3.8) is 0 Å². The third-order valence-corrected chi connectivity index (χ3v) is 8.75. The highest BCUT2D eigenvalue weighted by Gasteiger charge is 2.63. The molecule has 0 unspecified atom stereocenters. The molecule has 1 fully saturated rings. The van der Waals surface area contributed by atoms with Crippen molar-refractivity contribution in [2.24, 2.45) is 11.8 Å². The number of benzene rings is 4. The van der Waals surface area contributed by atoms with E-state index in [-0.39, 0.29) is 35.2 Å². The van der Waals surface area contributed by atoms with Crippen LogP contribution in [0.25, 0.3) is 0 Å². The Bertz CT molecular complexity index is 1660. The molecule has 1 heterocycles. The SMILES string of the molecule is O=C(c1ccc(Cl)cc1)N(Cc1ccccc1[N+](=O)[O-])N1C(=O)[C@@H]2C3c4ccccc4C(c4ccccc43)[C@@H]2C1=O. The van der Waals surface area contributed by atoms with Gasteiger partial charge in [-0.2, -0.15) is 5.01 Å². The summed E-state index contributed by atoms with van der Waals surface area (Å²) < 4.78 is 0. The summed E-state index contributed by atoms with van der Waals surface area (Å²) in [5, 5.41) is 14.2. The fraction of sp³-hybridized carbons (Fsp3) is 0.156. The van der Waals surface area contributed by atoms with Crippen LogP contribution in [0.2, 0.25) is 5.02 Å². The van der Waals surface area contributed by atoms with Gasteiger partial charge in [0.15, 0.2) is 0 Å². The molecule has 0 aromatic heterocycles. The number of hydrogen-bond acceptors (Lipinski definition) is 5. The third kappa shape index (κ3) is 3.71. The smallest absolute Gasteiger partial charge is 0.272 e. The van der Waals surface area contributed by atoms with Gasteiger partial charge in [0.25, 0.3) is 23.4 Å². The second-order valence-corrected chi connectivity index (χ2v) is 10.9. The molecule has 1 saturated heterocycles. The van der Waals surface area contributed by atoms with E-state index in [2.05, 4.69) is 0 Å². The fourth-order valence-corrected chi connectivity index (χ4v) is 6.98. The molecule has 0 spiro atoms. The van der Waals surface area contributed by atoms with Crippen molar-refractivity contribution < 1.29 is 19.3 Å². The number of imide groups is 1. The van der Waals surface area contributed by atoms with Gasteiger partial charge in [0.2, 0.25) is 0 Å². The molecule has 1 aliphatic heterocycles. The maximum Gasteiger partial charge on any atom is 0.274 e. The van der Waals surface area contributed by atoms with Crippen LogP contribution >= 0.6 is 11.6 Å². The number of para-hydroxylation sites is 1. The molecule has 9 heteroatoms. The zero-order chi connectivity index (χ0) is 28.4. The van der Waals surface area contributed by atoms with E-state index < -0.39 is 34.5 Å². The van der Waals surface area contributed by atoms with Gasteiger partial charge in [-0.15, -0.1) is 0 Å². The molecule has 0 N–H and O–H groups in total. The Morgan fingerprint density at radius 1 is 0.756 bits per heavy atom. The Kier molecular flexibility index (Phi) is 5.76. The first-order valence-electron chi connectivity index (χ1n) is 13.2. The lowest BCUT2D eigenvalue weighted by atomic mass is 9.55. The summed E-state index contributed by atoms with van der Waals surface area (Å²) in [4.78, 5) is 54.0. The molecule has 8 rings (SSSR count). The van der Waals surface area contributed by atoms with E-state index in [1.165, 1.54) is 30.3 Å². The minimum absolute atomic E-state index is 0.193. The molecular weight excluding hydrogens is 542 g/mol. The van der Waals surface area contributed by atoms with Crippen LogP contribution in [0.5, 0.6) is 0 Å². The van der Waals surface area contributed by atoms with Crippen LogP contribution in [0.4, 0.5) is 5.69 Å². The monoisotopic (exact) mass is 563 g/mol. The highest BCUT2D eigenvalue weighted by Crippen LogP contribution is 2.61. The van der Waals surface area contributed by atoms with Gasteiger partial charge in [-0.1, -0.05) is 78.3 Å². The van der Waals surface area contributed by atoms with Crippen LogP contribution in [0, 0.1) is 22.0 Å². The summed E-state index contributed by atoms with van der Waals surface area (Å²) >= 11 is 6.05. The summed E-state index contributed by atoms with van der Waals surface area (Å²) in [7, 11) is 0. The summed E-state index contributed by atoms with van der Waals surface area (Å²) in [6, 6.07) is 27.8. The van der Waals surface area contributed by atoms with Gasteiger partial charge in [0.05, 0.1) is 28.9 Å². The average molecular weight is 564 g/mol. The molecule has 4 aromatic rings. The number of nitro groups is 1. The number of hydrazine groups is 1. The van der Waals surface area contributed by atoms with Crippen molar-refractivity contribution in [2.45, 2.75) is 18.4 Å². The van der Waals surface area contributed by atoms with Crippen LogP contribution < -0.4 is 0 Å². The fourth-order valence-electron chi connectivity index (χ4n) is 6.86. The van der Waals surface area contributed by atoms with Crippen molar-refractivity contribution in [1.82, 2.24) is 10.0 Å². The molecule has 2 bridgehead atoms. The first-order chi connectivity index (χ1) is 19.9. The van der Waals surface area contributed by atoms with E-state index in [9.17, 15) is 24.5 Å². The highest BCUT2D eigenvalue weighted by atomic mass is 35.5. The highest BCUT2D eigenvalue weighted by molar-refractivity contribution is 6.30. The number of rotatable bonds is 5. The lowest BCUT2D eigenvalue weighted by molar-refractivity contribution is -0.385. The van der Waals surface area contributed by atoms with E-state index in [0.29, 0.717) is 5.02 Å². The van der Waals surface area contributed by atoms with E-state index in [4.69, 9.17) is 11.6 Å². The van der Waals surface area contributed by atoms with Crippen LogP contribution in [-0.2, 0) is 16.1 Å². The van der Waals surface area contributed by atoms with Crippen LogP contribution in [0.1, 0.15) is 50.0 Å². The molecule has 0 saturated carbocycles. The van der Waals surface area contributed by atoms with E-state index in [0.717, 1.165) is 32.3 Å². The number of amides is 3. The lowest BCUT2D eigenvalue weighted by Gasteiger charge is -2.45. The second kappa shape index (κ2) is 9.38. The average Bonchev–Trinajstić information content (AvgIpc) is 3.26. The molecule has 4 aliphatic rings. The molecule has 41 heavy (non-hydrogen) atoms. The molecule has 3 aliphatic carbocycles. The molecule has 4 aromatic carbocycles. The van der Waals surface area contributed by atoms with Gasteiger partial charge < -0.3 is 0 Å². The third-order valence-electron chi connectivity index (χ3n) is 8.50. The number of hydrogen-bond donors (Lipinski definition) is 0. The quantitative estimate of drug-likeness (QED) is 0.176. The largest absolute Gasteiger partial charge is 0.274 e. The van der Waals surface area contributed by atoms with E-state index in [1.807, 2.05) is 48.5 Å². The number of halogens is 1. The predicted molar refractivity (Wildman–Crippen MR) is 150 cm³/mol. The zero-order valence-electron chi connectivity index (χ0n) is 21.5. The lowest BCUT2D eigenvalue weighted by Crippen LogP contribution is -2.50. The molecular formula is C32H22ClN3O5. The zero-order valence-corrected chi connectivity index (χ0v) is 22.3. The standard InChI is InChI=1S/C32H22ClN3O5/c33-20-15-13-18(14-16-20)30(37)34(17-19-7-1-6-12-25(19)36(40)41)35-31(38)28-26-21-8-2-3-9-22(21)27(29(28)32(35)39)24-11-5-4-10-23(24)26/h1-16,26-29H,17H2/t26?,27?,28-,29+. The van der Waals surface area contributed by atoms with Crippen LogP contribution in [-0.4, -0.2) is 32.7 Å². The maximum atomic E-state index is 14.4. The van der Waals surface area contributed by atoms with Crippen LogP contribution in [0.3, 0.4) is 0 Å². The van der Waals surface area contributed by atoms with Gasteiger partial charge >= 0.3 is 0 Å². The van der Waals surface area contributed by atoms with Gasteiger partial charge in [-0.05, 0) is 46.5 Å².